The molecule has 1 aromatic heterocycles. The van der Waals surface area contributed by atoms with E-state index in [0.29, 0.717) is 6.54 Å². The quantitative estimate of drug-likeness (QED) is 0.515. The smallest absolute Gasteiger partial charge is 0.309 e. The van der Waals surface area contributed by atoms with Gasteiger partial charge in [0.15, 0.2) is 0 Å². The van der Waals surface area contributed by atoms with Gasteiger partial charge in [-0.25, -0.2) is 0 Å². The van der Waals surface area contributed by atoms with E-state index in [-0.39, 0.29) is 12.5 Å². The molecule has 3 N–H and O–H groups in total. The van der Waals surface area contributed by atoms with Gasteiger partial charge >= 0.3 is 11.8 Å². The van der Waals surface area contributed by atoms with Crippen LogP contribution in [0.4, 0.5) is 0 Å². The van der Waals surface area contributed by atoms with Crippen molar-refractivity contribution in [3.8, 4) is 0 Å². The number of allylic oxidation sites excluding steroid dienone is 1. The molecule has 2 aliphatic rings. The van der Waals surface area contributed by atoms with E-state index in [9.17, 15) is 14.7 Å². The molecule has 1 aromatic rings. The lowest BCUT2D eigenvalue weighted by Crippen LogP contribution is -2.47. The summed E-state index contributed by atoms with van der Waals surface area (Å²) >= 11 is 1.48. The van der Waals surface area contributed by atoms with Gasteiger partial charge in [-0.1, -0.05) is 17.7 Å². The van der Waals surface area contributed by atoms with Crippen LogP contribution in [0.2, 0.25) is 0 Å². The molecule has 5 nitrogen and oxygen atoms in total. The van der Waals surface area contributed by atoms with Gasteiger partial charge < -0.3 is 15.7 Å². The van der Waals surface area contributed by atoms with Crippen molar-refractivity contribution in [1.29, 1.82) is 0 Å². The predicted octanol–water partition coefficient (Wildman–Crippen LogP) is 2.47. The fourth-order valence-electron chi connectivity index (χ4n) is 3.36. The number of rotatable bonds is 7. The molecule has 0 aromatic carbocycles. The van der Waals surface area contributed by atoms with Crippen molar-refractivity contribution < 1.29 is 14.7 Å². The summed E-state index contributed by atoms with van der Waals surface area (Å²) in [6.07, 6.45) is 9.61. The van der Waals surface area contributed by atoms with Crippen LogP contribution in [0.15, 0.2) is 29.2 Å². The number of carbonyl (C=O) groups excluding carboxylic acids is 2. The lowest BCUT2D eigenvalue weighted by Gasteiger charge is -2.27. The van der Waals surface area contributed by atoms with Gasteiger partial charge in [-0.3, -0.25) is 9.59 Å². The van der Waals surface area contributed by atoms with Gasteiger partial charge in [0, 0.05) is 11.4 Å². The topological polar surface area (TPSA) is 78.4 Å². The number of hydrogen-bond acceptors (Lipinski definition) is 4. The molecule has 6 heteroatoms. The van der Waals surface area contributed by atoms with Gasteiger partial charge in [0.25, 0.3) is 0 Å². The van der Waals surface area contributed by atoms with Crippen LogP contribution in [0.5, 0.6) is 0 Å². The molecule has 1 saturated carbocycles. The van der Waals surface area contributed by atoms with Crippen molar-refractivity contribution in [3.05, 3.63) is 34.0 Å². The van der Waals surface area contributed by atoms with Gasteiger partial charge in [-0.15, -0.1) is 11.3 Å². The third-order valence-electron chi connectivity index (χ3n) is 5.04. The molecule has 0 aliphatic heterocycles. The van der Waals surface area contributed by atoms with Gasteiger partial charge in [0.1, 0.15) is 5.60 Å². The number of aliphatic hydroxyl groups is 1. The van der Waals surface area contributed by atoms with Gasteiger partial charge in [0.05, 0.1) is 6.54 Å². The lowest BCUT2D eigenvalue weighted by molar-refractivity contribution is -0.140. The average molecular weight is 362 g/mol. The second kappa shape index (κ2) is 8.15. The highest BCUT2D eigenvalue weighted by atomic mass is 32.1. The third-order valence-corrected chi connectivity index (χ3v) is 6.08. The maximum atomic E-state index is 12.0. The van der Waals surface area contributed by atoms with Gasteiger partial charge in [-0.05, 0) is 62.3 Å². The number of thiophene rings is 1. The molecule has 0 radical (unpaired) electrons. The maximum Gasteiger partial charge on any atom is 0.309 e. The van der Waals surface area contributed by atoms with Crippen LogP contribution in [0, 0.1) is 5.92 Å². The largest absolute Gasteiger partial charge is 0.382 e. The molecule has 2 aliphatic carbocycles. The molecule has 2 amide bonds. The molecule has 0 bridgehead atoms. The van der Waals surface area contributed by atoms with Crippen molar-refractivity contribution in [1.82, 2.24) is 10.6 Å². The Morgan fingerprint density at radius 2 is 2.04 bits per heavy atom. The summed E-state index contributed by atoms with van der Waals surface area (Å²) in [5, 5.41) is 18.1. The van der Waals surface area contributed by atoms with E-state index in [1.54, 1.807) is 0 Å². The molecule has 1 fully saturated rings. The molecule has 3 rings (SSSR count). The van der Waals surface area contributed by atoms with Gasteiger partial charge in [-0.2, -0.15) is 0 Å². The first kappa shape index (κ1) is 18.1. The van der Waals surface area contributed by atoms with Crippen LogP contribution < -0.4 is 10.6 Å². The van der Waals surface area contributed by atoms with E-state index in [0.717, 1.165) is 37.0 Å². The van der Waals surface area contributed by atoms with Crippen molar-refractivity contribution in [2.24, 2.45) is 5.92 Å². The minimum atomic E-state index is -1.06. The molecule has 0 spiro atoms. The second-order valence-electron chi connectivity index (χ2n) is 6.97. The maximum absolute atomic E-state index is 12.0. The minimum absolute atomic E-state index is 0.0790. The molecule has 1 unspecified atom stereocenters. The van der Waals surface area contributed by atoms with E-state index in [2.05, 4.69) is 16.7 Å². The van der Waals surface area contributed by atoms with Crippen LogP contribution in [0.25, 0.3) is 0 Å². The van der Waals surface area contributed by atoms with Crippen molar-refractivity contribution >= 4 is 23.2 Å². The third kappa shape index (κ3) is 4.70. The second-order valence-corrected chi connectivity index (χ2v) is 7.92. The molecule has 136 valence electrons. The Morgan fingerprint density at radius 3 is 2.68 bits per heavy atom. The monoisotopic (exact) mass is 362 g/mol. The first-order valence-corrected chi connectivity index (χ1v) is 9.98. The van der Waals surface area contributed by atoms with Gasteiger partial charge in [0.2, 0.25) is 0 Å². The molecular formula is C19H26N2O3S. The van der Waals surface area contributed by atoms with E-state index < -0.39 is 17.4 Å². The van der Waals surface area contributed by atoms with Crippen LogP contribution in [-0.2, 0) is 15.2 Å². The van der Waals surface area contributed by atoms with Crippen LogP contribution >= 0.6 is 11.3 Å². The Balaban J connectivity index is 1.44. The van der Waals surface area contributed by atoms with E-state index >= 15 is 0 Å². The van der Waals surface area contributed by atoms with E-state index in [4.69, 9.17) is 0 Å². The zero-order valence-corrected chi connectivity index (χ0v) is 15.2. The zero-order chi connectivity index (χ0) is 17.7. The molecule has 1 heterocycles. The first-order chi connectivity index (χ1) is 12.1. The average Bonchev–Trinajstić information content (AvgIpc) is 3.35. The summed E-state index contributed by atoms with van der Waals surface area (Å²) in [5.74, 6) is -1.14. The highest BCUT2D eigenvalue weighted by molar-refractivity contribution is 7.10. The molecular weight excluding hydrogens is 336 g/mol. The Labute approximate surface area is 152 Å². The van der Waals surface area contributed by atoms with E-state index in [1.807, 2.05) is 17.5 Å². The Kier molecular flexibility index (Phi) is 5.91. The zero-order valence-electron chi connectivity index (χ0n) is 14.4. The number of nitrogens with one attached hydrogen (secondary N) is 2. The fourth-order valence-corrected chi connectivity index (χ4v) is 4.27. The molecule has 25 heavy (non-hydrogen) atoms. The summed E-state index contributed by atoms with van der Waals surface area (Å²) in [7, 11) is 0. The fraction of sp³-hybridized carbons (Fsp3) is 0.579. The SMILES string of the molecule is O=C(NCCC1=CCCCC1)C(=O)NCC(O)(c1cccs1)C1CC1. The Morgan fingerprint density at radius 1 is 1.24 bits per heavy atom. The Bertz CT molecular complexity index is 637. The Hall–Kier alpha value is -1.66. The summed E-state index contributed by atoms with van der Waals surface area (Å²) in [6, 6.07) is 3.77. The first-order valence-electron chi connectivity index (χ1n) is 9.10. The van der Waals surface area contributed by atoms with Crippen molar-refractivity contribution in [2.75, 3.05) is 13.1 Å². The van der Waals surface area contributed by atoms with Crippen LogP contribution in [-0.4, -0.2) is 30.0 Å². The summed E-state index contributed by atoms with van der Waals surface area (Å²) in [6.45, 7) is 0.561. The highest BCUT2D eigenvalue weighted by Crippen LogP contribution is 2.46. The van der Waals surface area contributed by atoms with Crippen LogP contribution in [0.3, 0.4) is 0 Å². The standard InChI is InChI=1S/C19H26N2O3S/c22-17(20-11-10-14-5-2-1-3-6-14)18(23)21-13-19(24,15-8-9-15)16-7-4-12-25-16/h4-5,7,12,15,24H,1-3,6,8-11,13H2,(H,20,22)(H,21,23). The summed E-state index contributed by atoms with van der Waals surface area (Å²) in [4.78, 5) is 24.8. The lowest BCUT2D eigenvalue weighted by atomic mass is 9.95. The number of hydrogen-bond donors (Lipinski definition) is 3. The molecule has 0 saturated heterocycles. The van der Waals surface area contributed by atoms with E-state index in [1.165, 1.54) is 29.8 Å². The van der Waals surface area contributed by atoms with Crippen LogP contribution in [0.1, 0.15) is 49.8 Å². The summed E-state index contributed by atoms with van der Waals surface area (Å²) < 4.78 is 0. The summed E-state index contributed by atoms with van der Waals surface area (Å²) in [5.41, 5.74) is 0.310. The highest BCUT2D eigenvalue weighted by Gasteiger charge is 2.46. The normalized spacial score (nSPS) is 19.6. The minimum Gasteiger partial charge on any atom is -0.382 e. The number of amides is 2. The number of carbonyl (C=O) groups is 2. The predicted molar refractivity (Wildman–Crippen MR) is 98.1 cm³/mol. The van der Waals surface area contributed by atoms with Crippen molar-refractivity contribution in [2.45, 2.75) is 50.5 Å². The van der Waals surface area contributed by atoms with Crippen molar-refractivity contribution in [3.63, 3.8) is 0 Å². The molecule has 1 atom stereocenters.